The van der Waals surface area contributed by atoms with Crippen molar-refractivity contribution in [3.8, 4) is 0 Å². The molecule has 0 spiro atoms. The molecular formula is C12H25N. The summed E-state index contributed by atoms with van der Waals surface area (Å²) >= 11 is 0. The zero-order valence-corrected chi connectivity index (χ0v) is 9.71. The molecule has 1 nitrogen and oxygen atoms in total. The Hall–Kier alpha value is -0.0400. The van der Waals surface area contributed by atoms with E-state index >= 15 is 0 Å². The molecule has 1 heteroatoms. The van der Waals surface area contributed by atoms with Gasteiger partial charge >= 0.3 is 0 Å². The largest absolute Gasteiger partial charge is 0.306 e. The molecular weight excluding hydrogens is 158 g/mol. The summed E-state index contributed by atoms with van der Waals surface area (Å²) in [5.41, 5.74) is 0. The first kappa shape index (κ1) is 11.0. The van der Waals surface area contributed by atoms with Gasteiger partial charge in [0.2, 0.25) is 0 Å². The summed E-state index contributed by atoms with van der Waals surface area (Å²) in [5, 5.41) is 0. The van der Waals surface area contributed by atoms with E-state index in [4.69, 9.17) is 0 Å². The fourth-order valence-electron chi connectivity index (χ4n) is 2.65. The van der Waals surface area contributed by atoms with Crippen molar-refractivity contribution in [2.75, 3.05) is 14.1 Å². The van der Waals surface area contributed by atoms with Crippen LogP contribution >= 0.6 is 0 Å². The predicted octanol–water partition coefficient (Wildman–Crippen LogP) is 3.15. The lowest BCUT2D eigenvalue weighted by Crippen LogP contribution is -2.35. The van der Waals surface area contributed by atoms with Gasteiger partial charge in [-0.1, -0.05) is 26.7 Å². The Labute approximate surface area is 83.5 Å². The van der Waals surface area contributed by atoms with Gasteiger partial charge in [-0.3, -0.25) is 0 Å². The van der Waals surface area contributed by atoms with Crippen molar-refractivity contribution in [3.05, 3.63) is 0 Å². The number of hydrogen-bond acceptors (Lipinski definition) is 1. The van der Waals surface area contributed by atoms with Crippen molar-refractivity contribution >= 4 is 0 Å². The summed E-state index contributed by atoms with van der Waals surface area (Å²) < 4.78 is 0. The molecule has 1 aliphatic carbocycles. The quantitative estimate of drug-likeness (QED) is 0.647. The fourth-order valence-corrected chi connectivity index (χ4v) is 2.65. The van der Waals surface area contributed by atoms with Gasteiger partial charge in [0.15, 0.2) is 0 Å². The van der Waals surface area contributed by atoms with E-state index in [0.717, 1.165) is 17.9 Å². The maximum atomic E-state index is 2.44. The third-order valence-electron chi connectivity index (χ3n) is 3.32. The van der Waals surface area contributed by atoms with Gasteiger partial charge in [0.05, 0.1) is 0 Å². The SMILES string of the molecule is CC(C)C[C@H](C1CCCC1)N(C)C. The van der Waals surface area contributed by atoms with Gasteiger partial charge < -0.3 is 4.90 Å². The van der Waals surface area contributed by atoms with Crippen LogP contribution in [-0.4, -0.2) is 25.0 Å². The molecule has 1 atom stereocenters. The van der Waals surface area contributed by atoms with Gasteiger partial charge in [-0.25, -0.2) is 0 Å². The van der Waals surface area contributed by atoms with Crippen molar-refractivity contribution in [3.63, 3.8) is 0 Å². The molecule has 0 aromatic heterocycles. The second-order valence-corrected chi connectivity index (χ2v) is 5.21. The third-order valence-corrected chi connectivity index (χ3v) is 3.32. The Morgan fingerprint density at radius 1 is 1.15 bits per heavy atom. The van der Waals surface area contributed by atoms with E-state index in [-0.39, 0.29) is 0 Å². The van der Waals surface area contributed by atoms with E-state index < -0.39 is 0 Å². The monoisotopic (exact) mass is 183 g/mol. The van der Waals surface area contributed by atoms with Gasteiger partial charge in [0.1, 0.15) is 0 Å². The highest BCUT2D eigenvalue weighted by molar-refractivity contribution is 4.81. The van der Waals surface area contributed by atoms with Crippen LogP contribution in [0.1, 0.15) is 46.0 Å². The first-order chi connectivity index (χ1) is 6.11. The smallest absolute Gasteiger partial charge is 0.0120 e. The standard InChI is InChI=1S/C12H25N/c1-10(2)9-12(13(3)4)11-7-5-6-8-11/h10-12H,5-9H2,1-4H3/t12-/m1/s1. The average molecular weight is 183 g/mol. The van der Waals surface area contributed by atoms with Gasteiger partial charge in [-0.2, -0.15) is 0 Å². The summed E-state index contributed by atoms with van der Waals surface area (Å²) in [6.45, 7) is 4.68. The Balaban J connectivity index is 2.45. The summed E-state index contributed by atoms with van der Waals surface area (Å²) in [5.74, 6) is 1.82. The summed E-state index contributed by atoms with van der Waals surface area (Å²) in [6, 6.07) is 0.836. The van der Waals surface area contributed by atoms with Crippen molar-refractivity contribution < 1.29 is 0 Å². The van der Waals surface area contributed by atoms with Crippen LogP contribution in [0.25, 0.3) is 0 Å². The Morgan fingerprint density at radius 2 is 1.69 bits per heavy atom. The Kier molecular flexibility index (Phi) is 4.24. The molecule has 0 unspecified atom stereocenters. The van der Waals surface area contributed by atoms with E-state index in [0.29, 0.717) is 0 Å². The van der Waals surface area contributed by atoms with Gasteiger partial charge in [0, 0.05) is 6.04 Å². The van der Waals surface area contributed by atoms with Crippen LogP contribution in [0.4, 0.5) is 0 Å². The van der Waals surface area contributed by atoms with E-state index in [1.54, 1.807) is 0 Å². The molecule has 0 saturated heterocycles. The Bertz CT molecular complexity index is 134. The summed E-state index contributed by atoms with van der Waals surface area (Å²) in [4.78, 5) is 2.44. The van der Waals surface area contributed by atoms with Crippen LogP contribution < -0.4 is 0 Å². The highest BCUT2D eigenvalue weighted by Crippen LogP contribution is 2.32. The van der Waals surface area contributed by atoms with E-state index in [2.05, 4.69) is 32.8 Å². The Morgan fingerprint density at radius 3 is 2.08 bits per heavy atom. The molecule has 0 aliphatic heterocycles. The minimum Gasteiger partial charge on any atom is -0.306 e. The van der Waals surface area contributed by atoms with Crippen LogP contribution in [-0.2, 0) is 0 Å². The second-order valence-electron chi connectivity index (χ2n) is 5.21. The first-order valence-electron chi connectivity index (χ1n) is 5.77. The van der Waals surface area contributed by atoms with Crippen molar-refractivity contribution in [2.24, 2.45) is 11.8 Å². The molecule has 78 valence electrons. The molecule has 0 amide bonds. The molecule has 1 aliphatic rings. The zero-order valence-electron chi connectivity index (χ0n) is 9.71. The highest BCUT2D eigenvalue weighted by Gasteiger charge is 2.26. The third kappa shape index (κ3) is 3.30. The number of nitrogens with zero attached hydrogens (tertiary/aromatic N) is 1. The molecule has 1 saturated carbocycles. The number of hydrogen-bond donors (Lipinski definition) is 0. The van der Waals surface area contributed by atoms with Crippen molar-refractivity contribution in [2.45, 2.75) is 52.0 Å². The molecule has 0 aromatic rings. The molecule has 1 rings (SSSR count). The summed E-state index contributed by atoms with van der Waals surface area (Å²) in [7, 11) is 4.48. The first-order valence-corrected chi connectivity index (χ1v) is 5.77. The minimum atomic E-state index is 0.836. The molecule has 1 fully saturated rings. The van der Waals surface area contributed by atoms with Crippen LogP contribution in [0.5, 0.6) is 0 Å². The van der Waals surface area contributed by atoms with Crippen LogP contribution in [0.2, 0.25) is 0 Å². The molecule has 0 bridgehead atoms. The van der Waals surface area contributed by atoms with Crippen molar-refractivity contribution in [1.29, 1.82) is 0 Å². The average Bonchev–Trinajstić information content (AvgIpc) is 2.50. The molecule has 0 aromatic carbocycles. The molecule has 0 N–H and O–H groups in total. The van der Waals surface area contributed by atoms with E-state index in [1.165, 1.54) is 32.1 Å². The van der Waals surface area contributed by atoms with Gasteiger partial charge in [0.25, 0.3) is 0 Å². The number of rotatable bonds is 4. The van der Waals surface area contributed by atoms with Crippen LogP contribution in [0.15, 0.2) is 0 Å². The topological polar surface area (TPSA) is 3.24 Å². The van der Waals surface area contributed by atoms with E-state index in [1.807, 2.05) is 0 Å². The van der Waals surface area contributed by atoms with Crippen LogP contribution in [0, 0.1) is 11.8 Å². The van der Waals surface area contributed by atoms with Crippen molar-refractivity contribution in [1.82, 2.24) is 4.90 Å². The highest BCUT2D eigenvalue weighted by atomic mass is 15.1. The molecule has 0 heterocycles. The maximum Gasteiger partial charge on any atom is 0.0120 e. The van der Waals surface area contributed by atoms with Crippen LogP contribution in [0.3, 0.4) is 0 Å². The molecule has 13 heavy (non-hydrogen) atoms. The predicted molar refractivity (Wildman–Crippen MR) is 58.9 cm³/mol. The lowest BCUT2D eigenvalue weighted by molar-refractivity contribution is 0.182. The normalized spacial score (nSPS) is 21.7. The van der Waals surface area contributed by atoms with Gasteiger partial charge in [-0.05, 0) is 45.2 Å². The van der Waals surface area contributed by atoms with Gasteiger partial charge in [-0.15, -0.1) is 0 Å². The lowest BCUT2D eigenvalue weighted by atomic mass is 9.90. The molecule has 0 radical (unpaired) electrons. The fraction of sp³-hybridized carbons (Fsp3) is 1.00. The summed E-state index contributed by atoms with van der Waals surface area (Å²) in [6.07, 6.45) is 7.24. The zero-order chi connectivity index (χ0) is 9.84. The minimum absolute atomic E-state index is 0.836. The lowest BCUT2D eigenvalue weighted by Gasteiger charge is -2.31. The maximum absolute atomic E-state index is 2.44. The van der Waals surface area contributed by atoms with E-state index in [9.17, 15) is 0 Å². The second kappa shape index (κ2) is 4.99.